The Kier molecular flexibility index (Phi) is 7.11. The average molecular weight is 464 g/mol. The summed E-state index contributed by atoms with van der Waals surface area (Å²) in [4.78, 5) is 12.2. The van der Waals surface area contributed by atoms with Crippen molar-refractivity contribution in [3.63, 3.8) is 0 Å². The van der Waals surface area contributed by atoms with Crippen LogP contribution in [0.3, 0.4) is 0 Å². The molecule has 2 aliphatic heterocycles. The summed E-state index contributed by atoms with van der Waals surface area (Å²) in [5.74, 6) is -2.95. The van der Waals surface area contributed by atoms with E-state index in [0.29, 0.717) is 30.1 Å². The molecular formula is C21H20F2N3O5S. The van der Waals surface area contributed by atoms with Crippen LogP contribution in [-0.2, 0) is 6.42 Å². The highest BCUT2D eigenvalue weighted by Gasteiger charge is 2.33. The smallest absolute Gasteiger partial charge is 0.339 e. The van der Waals surface area contributed by atoms with Gasteiger partial charge in [0.2, 0.25) is 0 Å². The monoisotopic (exact) mass is 464 g/mol. The van der Waals surface area contributed by atoms with Gasteiger partial charge in [-0.1, -0.05) is 0 Å². The van der Waals surface area contributed by atoms with Gasteiger partial charge in [-0.15, -0.1) is 0 Å². The molecule has 169 valence electrons. The van der Waals surface area contributed by atoms with Crippen molar-refractivity contribution in [1.29, 1.82) is 0 Å². The van der Waals surface area contributed by atoms with Gasteiger partial charge in [0.25, 0.3) is 0 Å². The first-order valence-electron chi connectivity index (χ1n) is 9.50. The summed E-state index contributed by atoms with van der Waals surface area (Å²) < 4.78 is 32.5. The summed E-state index contributed by atoms with van der Waals surface area (Å²) in [5.41, 5.74) is 6.70. The number of nitrogens with two attached hydrogens (primary N) is 1. The molecule has 1 radical (unpaired) electrons. The Morgan fingerprint density at radius 1 is 1.28 bits per heavy atom. The number of carbonyl (C=O) groups is 1. The first-order valence-corrected chi connectivity index (χ1v) is 9.91. The average Bonchev–Trinajstić information content (AvgIpc) is 3.10. The molecule has 2 aliphatic rings. The number of phenols is 2. The molecule has 0 spiro atoms. The van der Waals surface area contributed by atoms with Crippen molar-refractivity contribution >= 4 is 23.3 Å². The van der Waals surface area contributed by atoms with Crippen molar-refractivity contribution in [2.75, 3.05) is 13.2 Å². The summed E-state index contributed by atoms with van der Waals surface area (Å²) in [5, 5.41) is 30.7. The topological polar surface area (TPSA) is 130 Å². The van der Waals surface area contributed by atoms with Gasteiger partial charge in [-0.05, 0) is 43.0 Å². The first kappa shape index (κ1) is 23.2. The third kappa shape index (κ3) is 5.06. The minimum atomic E-state index is -1.27. The maximum atomic E-state index is 13.7. The predicted octanol–water partition coefficient (Wildman–Crippen LogP) is 2.46. The Morgan fingerprint density at radius 3 is 2.69 bits per heavy atom. The summed E-state index contributed by atoms with van der Waals surface area (Å²) in [6.45, 7) is 0.751. The summed E-state index contributed by atoms with van der Waals surface area (Å²) in [7, 11) is 0. The van der Waals surface area contributed by atoms with E-state index >= 15 is 0 Å². The quantitative estimate of drug-likeness (QED) is 0.401. The van der Waals surface area contributed by atoms with Gasteiger partial charge in [0.1, 0.15) is 29.5 Å². The molecule has 0 bridgehead atoms. The van der Waals surface area contributed by atoms with Crippen LogP contribution in [0.2, 0.25) is 0 Å². The highest BCUT2D eigenvalue weighted by molar-refractivity contribution is 7.80. The van der Waals surface area contributed by atoms with Gasteiger partial charge in [-0.3, -0.25) is 0 Å². The molecule has 1 atom stereocenters. The van der Waals surface area contributed by atoms with Gasteiger partial charge in [0.05, 0.1) is 6.04 Å². The molecule has 2 heterocycles. The largest absolute Gasteiger partial charge is 0.508 e. The highest BCUT2D eigenvalue weighted by Crippen LogP contribution is 2.32. The molecule has 0 saturated heterocycles. The van der Waals surface area contributed by atoms with Crippen molar-refractivity contribution < 1.29 is 33.6 Å². The van der Waals surface area contributed by atoms with Gasteiger partial charge in [-0.2, -0.15) is 0 Å². The van der Waals surface area contributed by atoms with Crippen LogP contribution in [0.1, 0.15) is 22.3 Å². The van der Waals surface area contributed by atoms with E-state index in [9.17, 15) is 13.6 Å². The number of aromatic carboxylic acids is 1. The van der Waals surface area contributed by atoms with Crippen molar-refractivity contribution in [3.8, 4) is 17.2 Å². The van der Waals surface area contributed by atoms with Crippen LogP contribution in [0.4, 0.5) is 8.78 Å². The lowest BCUT2D eigenvalue weighted by molar-refractivity contribution is 0.0693. The molecule has 0 fully saturated rings. The van der Waals surface area contributed by atoms with E-state index in [0.717, 1.165) is 23.9 Å². The summed E-state index contributed by atoms with van der Waals surface area (Å²) >= 11 is 5.23. The number of phenolic OH excluding ortho intramolecular Hbond substituents is 1. The van der Waals surface area contributed by atoms with E-state index in [1.165, 1.54) is 12.1 Å². The molecule has 11 heteroatoms. The molecular weight excluding hydrogens is 444 g/mol. The number of fused-ring (bicyclic) bond motifs is 1. The number of halogens is 2. The second kappa shape index (κ2) is 9.79. The zero-order chi connectivity index (χ0) is 23.4. The fourth-order valence-corrected chi connectivity index (χ4v) is 3.70. The zero-order valence-corrected chi connectivity index (χ0v) is 17.5. The van der Waals surface area contributed by atoms with Crippen molar-refractivity contribution in [2.24, 2.45) is 5.73 Å². The van der Waals surface area contributed by atoms with E-state index in [2.05, 4.69) is 5.32 Å². The number of benzene rings is 2. The summed E-state index contributed by atoms with van der Waals surface area (Å²) in [6.07, 6.45) is 2.78. The third-order valence-corrected chi connectivity index (χ3v) is 5.08. The maximum Gasteiger partial charge on any atom is 0.339 e. The predicted molar refractivity (Wildman–Crippen MR) is 114 cm³/mol. The fraction of sp³-hybridized carbons (Fsp3) is 0.238. The van der Waals surface area contributed by atoms with Gasteiger partial charge >= 0.3 is 5.97 Å². The number of carboxylic acids is 1. The standard InChI is InChI=1S/C14H14F2N3OS.C7H6O4/c15-9-3-8-4-11(7-20-13(8)12(16)5-9)19-10(1-2-17)6-18-14(19)21;8-4-1-2-6(9)5(3-4)7(10)11/h3,5-6,11H,1-2,4,7,17H2;1-3,8-9H,(H,10,11)/t11-;/m1./s1. The highest BCUT2D eigenvalue weighted by atomic mass is 32.1. The van der Waals surface area contributed by atoms with Gasteiger partial charge in [0, 0.05) is 36.4 Å². The van der Waals surface area contributed by atoms with Gasteiger partial charge in [0.15, 0.2) is 16.7 Å². The molecule has 2 aromatic carbocycles. The Labute approximate surface area is 187 Å². The van der Waals surface area contributed by atoms with Crippen LogP contribution in [0.5, 0.6) is 17.2 Å². The van der Waals surface area contributed by atoms with Crippen molar-refractivity contribution in [3.05, 3.63) is 65.0 Å². The summed E-state index contributed by atoms with van der Waals surface area (Å²) in [6, 6.07) is 5.32. The minimum absolute atomic E-state index is 0.124. The van der Waals surface area contributed by atoms with Crippen molar-refractivity contribution in [1.82, 2.24) is 10.2 Å². The Morgan fingerprint density at radius 2 is 2.03 bits per heavy atom. The zero-order valence-electron chi connectivity index (χ0n) is 16.7. The second-order valence-electron chi connectivity index (χ2n) is 6.99. The molecule has 0 aliphatic carbocycles. The SMILES string of the molecule is NCCC1=C[N]C(=S)N1[C@H]1COc2c(F)cc(F)cc2C1.O=C(O)c1cc(O)ccc1O. The number of carboxylic acid groups (broad SMARTS) is 1. The van der Waals surface area contributed by atoms with Crippen LogP contribution in [-0.4, -0.2) is 50.5 Å². The molecule has 5 N–H and O–H groups in total. The van der Waals surface area contributed by atoms with Crippen LogP contribution in [0.25, 0.3) is 0 Å². The van der Waals surface area contributed by atoms with E-state index in [-0.39, 0.29) is 35.5 Å². The normalized spacial score (nSPS) is 16.8. The molecule has 0 saturated carbocycles. The van der Waals surface area contributed by atoms with Crippen LogP contribution in [0, 0.1) is 11.6 Å². The molecule has 0 amide bonds. The van der Waals surface area contributed by atoms with Crippen LogP contribution < -0.4 is 15.8 Å². The number of ether oxygens (including phenoxy) is 1. The number of rotatable bonds is 4. The second-order valence-corrected chi connectivity index (χ2v) is 7.36. The van der Waals surface area contributed by atoms with E-state index in [4.69, 9.17) is 38.0 Å². The number of aromatic hydroxyl groups is 2. The lowest BCUT2D eigenvalue weighted by Crippen LogP contribution is -2.44. The fourth-order valence-electron chi connectivity index (χ4n) is 3.38. The van der Waals surface area contributed by atoms with E-state index in [1.54, 1.807) is 6.20 Å². The molecule has 4 rings (SSSR count). The number of nitrogens with zero attached hydrogens (tertiary/aromatic N) is 2. The van der Waals surface area contributed by atoms with Gasteiger partial charge < -0.3 is 30.7 Å². The Hall–Kier alpha value is -3.44. The van der Waals surface area contributed by atoms with Crippen LogP contribution >= 0.6 is 12.2 Å². The van der Waals surface area contributed by atoms with Crippen LogP contribution in [0.15, 0.2) is 42.2 Å². The number of thiocarbonyl (C=S) groups is 1. The molecule has 2 aromatic rings. The molecule has 0 aromatic heterocycles. The molecule has 0 unspecified atom stereocenters. The first-order chi connectivity index (χ1) is 15.2. The lowest BCUT2D eigenvalue weighted by atomic mass is 10.0. The Bertz CT molecular complexity index is 1080. The lowest BCUT2D eigenvalue weighted by Gasteiger charge is -2.34. The maximum absolute atomic E-state index is 13.7. The molecule has 8 nitrogen and oxygen atoms in total. The number of hydrogen-bond acceptors (Lipinski definition) is 6. The van der Waals surface area contributed by atoms with E-state index in [1.807, 2.05) is 4.90 Å². The minimum Gasteiger partial charge on any atom is -0.508 e. The van der Waals surface area contributed by atoms with Crippen molar-refractivity contribution in [2.45, 2.75) is 18.9 Å². The van der Waals surface area contributed by atoms with Gasteiger partial charge in [-0.25, -0.2) is 18.9 Å². The molecule has 32 heavy (non-hydrogen) atoms. The van der Waals surface area contributed by atoms with E-state index < -0.39 is 17.6 Å². The third-order valence-electron chi connectivity index (χ3n) is 4.78. The number of hydrogen-bond donors (Lipinski definition) is 4. The Balaban J connectivity index is 0.000000222.